The molecule has 18 heteroatoms. The van der Waals surface area contributed by atoms with Gasteiger partial charge in [-0.2, -0.15) is 27.8 Å². The van der Waals surface area contributed by atoms with Gasteiger partial charge in [-0.15, -0.1) is 5.10 Å². The maximum atomic E-state index is 14.2. The van der Waals surface area contributed by atoms with E-state index in [-0.39, 0.29) is 59.1 Å². The molecule has 2 amide bonds. The topological polar surface area (TPSA) is 165 Å². The molecule has 14 nitrogen and oxygen atoms in total. The molecule has 1 spiro atoms. The summed E-state index contributed by atoms with van der Waals surface area (Å²) in [6.45, 7) is 1.79. The molecule has 0 saturated carbocycles. The lowest BCUT2D eigenvalue weighted by Crippen LogP contribution is -2.46. The third-order valence-electron chi connectivity index (χ3n) is 9.27. The number of anilines is 1. The molecular formula is C31H28ClF3N10O4. The van der Waals surface area contributed by atoms with Crippen molar-refractivity contribution in [1.82, 2.24) is 43.8 Å². The number of aromatic hydroxyl groups is 1. The summed E-state index contributed by atoms with van der Waals surface area (Å²) in [7, 11) is 1.72. The highest BCUT2D eigenvalue weighted by atomic mass is 35.5. The third kappa shape index (κ3) is 5.56. The average molecular weight is 697 g/mol. The molecule has 49 heavy (non-hydrogen) atoms. The van der Waals surface area contributed by atoms with Crippen LogP contribution in [0.2, 0.25) is 5.02 Å². The lowest BCUT2D eigenvalue weighted by atomic mass is 9.74. The number of carbonyl (C=O) groups is 2. The largest absolute Gasteiger partial charge is 0.504 e. The van der Waals surface area contributed by atoms with Gasteiger partial charge >= 0.3 is 6.18 Å². The number of amides is 2. The number of aryl methyl sites for hydroxylation is 2. The van der Waals surface area contributed by atoms with E-state index in [2.05, 4.69) is 30.5 Å². The van der Waals surface area contributed by atoms with Crippen molar-refractivity contribution >= 4 is 34.9 Å². The summed E-state index contributed by atoms with van der Waals surface area (Å²) in [6, 6.07) is 2.64. The van der Waals surface area contributed by atoms with Gasteiger partial charge in [0, 0.05) is 43.0 Å². The monoisotopic (exact) mass is 696 g/mol. The zero-order valence-corrected chi connectivity index (χ0v) is 26.9. The van der Waals surface area contributed by atoms with Crippen LogP contribution in [0.15, 0.2) is 41.7 Å². The van der Waals surface area contributed by atoms with Crippen molar-refractivity contribution in [2.24, 2.45) is 7.05 Å². The molecule has 254 valence electrons. The van der Waals surface area contributed by atoms with Gasteiger partial charge < -0.3 is 19.9 Å². The molecule has 1 aromatic carbocycles. The molecule has 1 saturated heterocycles. The molecule has 1 fully saturated rings. The minimum Gasteiger partial charge on any atom is -0.504 e. The van der Waals surface area contributed by atoms with E-state index in [0.717, 1.165) is 22.7 Å². The van der Waals surface area contributed by atoms with Crippen LogP contribution in [0, 0.1) is 6.92 Å². The molecule has 0 radical (unpaired) electrons. The Labute approximate surface area is 280 Å². The second-order valence-corrected chi connectivity index (χ2v) is 12.6. The molecule has 4 aromatic heterocycles. The average Bonchev–Trinajstić information content (AvgIpc) is 3.79. The first-order chi connectivity index (χ1) is 23.3. The van der Waals surface area contributed by atoms with Crippen molar-refractivity contribution < 1.29 is 27.9 Å². The molecule has 0 unspecified atom stereocenters. The number of hydrogen-bond donors (Lipinski definition) is 2. The van der Waals surface area contributed by atoms with Crippen LogP contribution < -0.4 is 10.9 Å². The fourth-order valence-corrected chi connectivity index (χ4v) is 6.97. The first-order valence-electron chi connectivity index (χ1n) is 15.2. The Morgan fingerprint density at radius 1 is 1.14 bits per heavy atom. The number of rotatable bonds is 5. The van der Waals surface area contributed by atoms with Crippen molar-refractivity contribution in [2.75, 3.05) is 18.4 Å². The van der Waals surface area contributed by atoms with Crippen molar-refractivity contribution in [3.8, 4) is 17.1 Å². The van der Waals surface area contributed by atoms with E-state index in [4.69, 9.17) is 11.6 Å². The number of nitrogens with one attached hydrogen (secondary N) is 1. The first-order valence-corrected chi connectivity index (χ1v) is 15.6. The van der Waals surface area contributed by atoms with E-state index < -0.39 is 34.5 Å². The van der Waals surface area contributed by atoms with Crippen LogP contribution in [0.1, 0.15) is 52.3 Å². The Hall–Kier alpha value is -5.32. The summed E-state index contributed by atoms with van der Waals surface area (Å²) in [5.74, 6) is -1.02. The maximum absolute atomic E-state index is 14.2. The minimum absolute atomic E-state index is 0.00989. The van der Waals surface area contributed by atoms with Gasteiger partial charge in [-0.1, -0.05) is 11.6 Å². The van der Waals surface area contributed by atoms with Crippen molar-refractivity contribution in [2.45, 2.75) is 50.7 Å². The highest BCUT2D eigenvalue weighted by Crippen LogP contribution is 2.45. The predicted molar refractivity (Wildman–Crippen MR) is 168 cm³/mol. The zero-order valence-electron chi connectivity index (χ0n) is 26.1. The summed E-state index contributed by atoms with van der Waals surface area (Å²) in [4.78, 5) is 55.1. The number of hydrogen-bond acceptors (Lipinski definition) is 9. The molecule has 1 aliphatic heterocycles. The summed E-state index contributed by atoms with van der Waals surface area (Å²) < 4.78 is 43.8. The van der Waals surface area contributed by atoms with E-state index >= 15 is 0 Å². The number of aromatic nitrogens is 8. The number of piperidine rings is 1. The maximum Gasteiger partial charge on any atom is 0.416 e. The van der Waals surface area contributed by atoms with Crippen molar-refractivity contribution in [1.29, 1.82) is 0 Å². The molecule has 0 atom stereocenters. The number of likely N-dealkylation sites (tertiary alicyclic amines) is 1. The number of carbonyl (C=O) groups excluding carboxylic acids is 2. The molecule has 7 rings (SSSR count). The van der Waals surface area contributed by atoms with Crippen LogP contribution in [0.25, 0.3) is 17.2 Å². The Morgan fingerprint density at radius 2 is 1.90 bits per heavy atom. The number of fused-ring (bicyclic) bond motifs is 3. The highest BCUT2D eigenvalue weighted by molar-refractivity contribution is 6.33. The minimum atomic E-state index is -4.61. The van der Waals surface area contributed by atoms with E-state index in [0.29, 0.717) is 42.5 Å². The normalized spacial score (nSPS) is 15.6. The molecule has 5 heterocycles. The second-order valence-electron chi connectivity index (χ2n) is 12.2. The summed E-state index contributed by atoms with van der Waals surface area (Å²) in [5, 5.41) is 21.3. The van der Waals surface area contributed by atoms with E-state index in [9.17, 15) is 32.7 Å². The van der Waals surface area contributed by atoms with Crippen LogP contribution in [0.5, 0.6) is 5.75 Å². The molecule has 0 bridgehead atoms. The van der Waals surface area contributed by atoms with Gasteiger partial charge in [-0.05, 0) is 50.8 Å². The van der Waals surface area contributed by atoms with Crippen molar-refractivity contribution in [3.63, 3.8) is 0 Å². The van der Waals surface area contributed by atoms with E-state index in [1.165, 1.54) is 6.33 Å². The number of halogens is 4. The van der Waals surface area contributed by atoms with E-state index in [1.807, 2.05) is 0 Å². The van der Waals surface area contributed by atoms with Gasteiger partial charge in [0.15, 0.2) is 17.3 Å². The van der Waals surface area contributed by atoms with E-state index in [1.54, 1.807) is 40.5 Å². The number of benzene rings is 1. The fourth-order valence-electron chi connectivity index (χ4n) is 6.74. The molecule has 1 aliphatic carbocycles. The smallest absolute Gasteiger partial charge is 0.416 e. The van der Waals surface area contributed by atoms with Gasteiger partial charge in [0.25, 0.3) is 11.5 Å². The van der Waals surface area contributed by atoms with Crippen LogP contribution in [0.4, 0.5) is 18.9 Å². The SMILES string of the molecule is Cc1ncnc(C(=O)N2CCC3(CCc4c3c(=O)n3nc(-c5cnn(C)c5)nc3n4CC(=O)Nc3ccc(C(F)(F)F)cc3Cl)CC2)c1O. The third-order valence-corrected chi connectivity index (χ3v) is 9.59. The first kappa shape index (κ1) is 32.2. The van der Waals surface area contributed by atoms with Crippen molar-refractivity contribution in [3.05, 3.63) is 80.5 Å². The predicted octanol–water partition coefficient (Wildman–Crippen LogP) is 3.53. The van der Waals surface area contributed by atoms with Gasteiger partial charge in [0.1, 0.15) is 12.9 Å². The lowest BCUT2D eigenvalue weighted by molar-refractivity contribution is -0.137. The Kier molecular flexibility index (Phi) is 7.68. The lowest BCUT2D eigenvalue weighted by Gasteiger charge is -2.39. The highest BCUT2D eigenvalue weighted by Gasteiger charge is 2.46. The number of nitrogens with zero attached hydrogens (tertiary/aromatic N) is 9. The molecule has 2 N–H and O–H groups in total. The van der Waals surface area contributed by atoms with Crippen LogP contribution >= 0.6 is 11.6 Å². The Balaban J connectivity index is 1.24. The van der Waals surface area contributed by atoms with Crippen LogP contribution in [-0.4, -0.2) is 73.8 Å². The molecule has 5 aromatic rings. The summed E-state index contributed by atoms with van der Waals surface area (Å²) >= 11 is 6.11. The van der Waals surface area contributed by atoms with Crippen LogP contribution in [0.3, 0.4) is 0 Å². The van der Waals surface area contributed by atoms with Gasteiger partial charge in [0.05, 0.1) is 33.7 Å². The zero-order chi connectivity index (χ0) is 34.8. The number of alkyl halides is 3. The second kappa shape index (κ2) is 11.7. The van der Waals surface area contributed by atoms with Crippen LogP contribution in [-0.2, 0) is 36.4 Å². The van der Waals surface area contributed by atoms with Gasteiger partial charge in [-0.3, -0.25) is 19.1 Å². The fraction of sp³-hybridized carbons (Fsp3) is 0.355. The Bertz CT molecular complexity index is 2220. The van der Waals surface area contributed by atoms with Gasteiger partial charge in [-0.25, -0.2) is 9.97 Å². The summed E-state index contributed by atoms with van der Waals surface area (Å²) in [5.41, 5.74) is -0.215. The Morgan fingerprint density at radius 3 is 2.57 bits per heavy atom. The molecular weight excluding hydrogens is 669 g/mol. The molecule has 2 aliphatic rings. The van der Waals surface area contributed by atoms with Gasteiger partial charge in [0.2, 0.25) is 11.7 Å². The standard InChI is InChI=1S/C31H28ClF3N10O4/c1-16-25(47)24(37-15-36-16)28(49)43-9-7-30(8-10-43)6-5-21-23(30)27(48)45-29(40-26(41-45)17-12-38-42(2)13-17)44(21)14-22(46)39-20-4-3-18(11-19(20)32)31(33,34)35/h3-4,11-13,15,47H,5-10,14H2,1-2H3,(H,39,46). The summed E-state index contributed by atoms with van der Waals surface area (Å²) in [6.07, 6.45) is 1.67. The quantitative estimate of drug-likeness (QED) is 0.280.